The van der Waals surface area contributed by atoms with Crippen LogP contribution in [0.2, 0.25) is 0 Å². The van der Waals surface area contributed by atoms with Gasteiger partial charge in [0.25, 0.3) is 0 Å². The fourth-order valence-electron chi connectivity index (χ4n) is 9.42. The summed E-state index contributed by atoms with van der Waals surface area (Å²) in [5.41, 5.74) is 17.4. The predicted octanol–water partition coefficient (Wildman–Crippen LogP) is 15.1. The van der Waals surface area contributed by atoms with E-state index in [0.717, 1.165) is 39.0 Å². The lowest BCUT2D eigenvalue weighted by molar-refractivity contribution is 0.662. The van der Waals surface area contributed by atoms with Gasteiger partial charge in [-0.1, -0.05) is 202 Å². The molecule has 1 aliphatic carbocycles. The van der Waals surface area contributed by atoms with Crippen LogP contribution in [0.5, 0.6) is 0 Å². The van der Waals surface area contributed by atoms with Gasteiger partial charge in [0.15, 0.2) is 5.82 Å². The molecule has 0 bridgehead atoms. The molecule has 0 spiro atoms. The largest absolute Gasteiger partial charge is 0.228 e. The molecule has 0 saturated carbocycles. The van der Waals surface area contributed by atoms with E-state index in [1.807, 2.05) is 6.07 Å². The van der Waals surface area contributed by atoms with Crippen LogP contribution in [0.25, 0.3) is 100.0 Å². The summed E-state index contributed by atoms with van der Waals surface area (Å²) in [6.45, 7) is 4.76. The fourth-order valence-corrected chi connectivity index (χ4v) is 9.42. The van der Waals surface area contributed by atoms with Gasteiger partial charge in [-0.3, -0.25) is 0 Å². The minimum absolute atomic E-state index is 0.173. The van der Waals surface area contributed by atoms with E-state index in [9.17, 15) is 0 Å². The zero-order valence-corrected chi connectivity index (χ0v) is 33.0. The van der Waals surface area contributed by atoms with Gasteiger partial charge in [-0.15, -0.1) is 0 Å². The van der Waals surface area contributed by atoms with E-state index < -0.39 is 0 Å². The summed E-state index contributed by atoms with van der Waals surface area (Å²) in [7, 11) is 0. The molecular weight excluding hydrogens is 713 g/mol. The molecule has 59 heavy (non-hydrogen) atoms. The van der Waals surface area contributed by atoms with E-state index in [0.29, 0.717) is 5.82 Å². The minimum atomic E-state index is -0.173. The Balaban J connectivity index is 1.03. The van der Waals surface area contributed by atoms with Crippen LogP contribution in [0.4, 0.5) is 0 Å². The van der Waals surface area contributed by atoms with Gasteiger partial charge in [-0.05, 0) is 95.4 Å². The maximum Gasteiger partial charge on any atom is 0.161 e. The normalized spacial score (nSPS) is 12.7. The molecule has 10 aromatic rings. The summed E-state index contributed by atoms with van der Waals surface area (Å²) in [6.07, 6.45) is 0. The third-order valence-corrected chi connectivity index (χ3v) is 12.3. The van der Waals surface area contributed by atoms with Gasteiger partial charge in [0, 0.05) is 22.1 Å². The number of hydrogen-bond donors (Lipinski definition) is 0. The summed E-state index contributed by atoms with van der Waals surface area (Å²) in [5.74, 6) is 0.709. The molecule has 278 valence electrons. The predicted molar refractivity (Wildman–Crippen MR) is 247 cm³/mol. The van der Waals surface area contributed by atoms with Crippen LogP contribution < -0.4 is 0 Å². The third kappa shape index (κ3) is 5.87. The molecule has 0 radical (unpaired) electrons. The Morgan fingerprint density at radius 3 is 1.56 bits per heavy atom. The molecule has 2 heteroatoms. The lowest BCUT2D eigenvalue weighted by Gasteiger charge is -2.25. The van der Waals surface area contributed by atoms with Crippen molar-refractivity contribution in [2.45, 2.75) is 19.3 Å². The van der Waals surface area contributed by atoms with Crippen molar-refractivity contribution in [3.8, 4) is 78.4 Å². The monoisotopic (exact) mass is 752 g/mol. The van der Waals surface area contributed by atoms with Crippen LogP contribution in [0, 0.1) is 0 Å². The molecule has 9 aromatic carbocycles. The van der Waals surface area contributed by atoms with E-state index in [4.69, 9.17) is 9.97 Å². The number of nitrogens with zero attached hydrogens (tertiary/aromatic N) is 2. The Labute approximate surface area is 345 Å². The number of hydrogen-bond acceptors (Lipinski definition) is 2. The molecule has 0 atom stereocenters. The molecule has 2 nitrogen and oxygen atoms in total. The summed E-state index contributed by atoms with van der Waals surface area (Å²) in [5, 5.41) is 4.91. The van der Waals surface area contributed by atoms with Gasteiger partial charge >= 0.3 is 0 Å². The fraction of sp³-hybridized carbons (Fsp3) is 0.0526. The van der Waals surface area contributed by atoms with Crippen LogP contribution in [0.3, 0.4) is 0 Å². The molecule has 1 aromatic heterocycles. The molecule has 1 aliphatic rings. The number of rotatable bonds is 6. The first kappa shape index (κ1) is 34.8. The maximum atomic E-state index is 5.33. The summed E-state index contributed by atoms with van der Waals surface area (Å²) >= 11 is 0. The first-order chi connectivity index (χ1) is 29.0. The lowest BCUT2D eigenvalue weighted by Crippen LogP contribution is -2.16. The van der Waals surface area contributed by atoms with Crippen LogP contribution in [0.15, 0.2) is 206 Å². The number of fused-ring (bicyclic) bond motifs is 6. The summed E-state index contributed by atoms with van der Waals surface area (Å²) in [4.78, 5) is 10.6. The highest BCUT2D eigenvalue weighted by Gasteiger charge is 2.38. The first-order valence-electron chi connectivity index (χ1n) is 20.4. The molecular formula is C57H40N2. The zero-order valence-electron chi connectivity index (χ0n) is 33.0. The second-order valence-electron chi connectivity index (χ2n) is 16.1. The number of benzene rings is 9. The van der Waals surface area contributed by atoms with Crippen molar-refractivity contribution in [1.29, 1.82) is 0 Å². The van der Waals surface area contributed by atoms with E-state index in [1.54, 1.807) is 0 Å². The van der Waals surface area contributed by atoms with Gasteiger partial charge in [-0.2, -0.15) is 0 Å². The average molecular weight is 753 g/mol. The highest BCUT2D eigenvalue weighted by atomic mass is 14.9. The molecule has 0 saturated heterocycles. The maximum absolute atomic E-state index is 5.33. The highest BCUT2D eigenvalue weighted by Crippen LogP contribution is 2.55. The Morgan fingerprint density at radius 2 is 0.847 bits per heavy atom. The van der Waals surface area contributed by atoms with Gasteiger partial charge in [0.2, 0.25) is 0 Å². The topological polar surface area (TPSA) is 25.8 Å². The standard InChI is InChI=1S/C57H40N2/c1-57(2)51-34-31-39-17-9-10-22-44(39)54(51)50-26-14-25-48(55(50)57)47-32-33-49(46-24-12-11-23-45(46)47)56-58-52(40-18-7-4-8-19-40)36-53(59-56)41-29-27-38(28-30-41)43-21-13-20-42(35-43)37-15-5-3-6-16-37/h3-36H,1-2H3. The molecule has 0 fully saturated rings. The van der Waals surface area contributed by atoms with Crippen LogP contribution in [-0.2, 0) is 5.41 Å². The summed E-state index contributed by atoms with van der Waals surface area (Å²) in [6, 6.07) is 74.2. The van der Waals surface area contributed by atoms with Gasteiger partial charge < -0.3 is 0 Å². The second-order valence-corrected chi connectivity index (χ2v) is 16.1. The third-order valence-electron chi connectivity index (χ3n) is 12.3. The van der Waals surface area contributed by atoms with Gasteiger partial charge in [0.1, 0.15) is 0 Å². The molecule has 0 N–H and O–H groups in total. The van der Waals surface area contributed by atoms with Crippen molar-refractivity contribution < 1.29 is 0 Å². The Bertz CT molecular complexity index is 3220. The van der Waals surface area contributed by atoms with Crippen molar-refractivity contribution in [2.75, 3.05) is 0 Å². The van der Waals surface area contributed by atoms with Crippen molar-refractivity contribution >= 4 is 21.5 Å². The van der Waals surface area contributed by atoms with Crippen molar-refractivity contribution in [3.05, 3.63) is 217 Å². The lowest BCUT2D eigenvalue weighted by atomic mass is 9.78. The number of aromatic nitrogens is 2. The summed E-state index contributed by atoms with van der Waals surface area (Å²) < 4.78 is 0. The van der Waals surface area contributed by atoms with E-state index in [-0.39, 0.29) is 5.41 Å². The Hall–Kier alpha value is -7.42. The second kappa shape index (κ2) is 13.9. The molecule has 1 heterocycles. The molecule has 0 aliphatic heterocycles. The van der Waals surface area contributed by atoms with Crippen LogP contribution >= 0.6 is 0 Å². The Kier molecular flexibility index (Phi) is 8.20. The van der Waals surface area contributed by atoms with Gasteiger partial charge in [-0.25, -0.2) is 9.97 Å². The molecule has 0 amide bonds. The minimum Gasteiger partial charge on any atom is -0.228 e. The van der Waals surface area contributed by atoms with Crippen LogP contribution in [-0.4, -0.2) is 9.97 Å². The van der Waals surface area contributed by atoms with Crippen LogP contribution in [0.1, 0.15) is 25.0 Å². The van der Waals surface area contributed by atoms with Gasteiger partial charge in [0.05, 0.1) is 11.4 Å². The SMILES string of the molecule is CC1(C)c2ccc3ccccc3c2-c2cccc(-c3ccc(-c4nc(-c5ccccc5)cc(-c5ccc(-c6cccc(-c7ccccc7)c6)cc5)n4)c4ccccc34)c21. The quantitative estimate of drug-likeness (QED) is 0.169. The van der Waals surface area contributed by atoms with E-state index in [2.05, 4.69) is 214 Å². The van der Waals surface area contributed by atoms with Crippen molar-refractivity contribution in [3.63, 3.8) is 0 Å². The zero-order chi connectivity index (χ0) is 39.5. The highest BCUT2D eigenvalue weighted by molar-refractivity contribution is 6.08. The van der Waals surface area contributed by atoms with E-state index >= 15 is 0 Å². The molecule has 0 unspecified atom stereocenters. The smallest absolute Gasteiger partial charge is 0.161 e. The van der Waals surface area contributed by atoms with E-state index in [1.165, 1.54) is 66.2 Å². The average Bonchev–Trinajstić information content (AvgIpc) is 3.55. The Morgan fingerprint density at radius 1 is 0.339 bits per heavy atom. The first-order valence-corrected chi connectivity index (χ1v) is 20.4. The molecule has 11 rings (SSSR count). The van der Waals surface area contributed by atoms with Crippen molar-refractivity contribution in [1.82, 2.24) is 9.97 Å². The van der Waals surface area contributed by atoms with Crippen molar-refractivity contribution in [2.24, 2.45) is 0 Å².